The lowest BCUT2D eigenvalue weighted by atomic mass is 9.76. The lowest BCUT2D eigenvalue weighted by Crippen LogP contribution is -2.52. The van der Waals surface area contributed by atoms with E-state index in [0.717, 1.165) is 28.8 Å². The second kappa shape index (κ2) is 6.77. The number of imide groups is 1. The van der Waals surface area contributed by atoms with Gasteiger partial charge >= 0.3 is 11.9 Å². The Morgan fingerprint density at radius 3 is 2.41 bits per heavy atom. The van der Waals surface area contributed by atoms with E-state index in [0.29, 0.717) is 5.69 Å². The quantitative estimate of drug-likeness (QED) is 0.291. The summed E-state index contributed by atoms with van der Waals surface area (Å²) in [5, 5.41) is 0. The number of halogens is 1. The summed E-state index contributed by atoms with van der Waals surface area (Å²) in [5.41, 5.74) is -0.159. The van der Waals surface area contributed by atoms with Crippen molar-refractivity contribution >= 4 is 45.4 Å². The lowest BCUT2D eigenvalue weighted by Gasteiger charge is -2.34. The number of anilines is 1. The largest absolute Gasteiger partial charge is 0.422 e. The van der Waals surface area contributed by atoms with Gasteiger partial charge in [0, 0.05) is 18.3 Å². The molecule has 0 saturated carbocycles. The maximum Gasteiger partial charge on any atom is 0.305 e. The molecule has 4 rings (SSSR count). The number of carbonyl (C=O) groups excluding carboxylic acids is 4. The molecule has 2 saturated heterocycles. The van der Waals surface area contributed by atoms with Gasteiger partial charge in [-0.05, 0) is 30.7 Å². The molecule has 9 heteroatoms. The summed E-state index contributed by atoms with van der Waals surface area (Å²) in [7, 11) is 0. The number of aryl methyl sites for hydroxylation is 1. The van der Waals surface area contributed by atoms with Gasteiger partial charge in [0.05, 0.1) is 23.6 Å². The van der Waals surface area contributed by atoms with Gasteiger partial charge in [0.2, 0.25) is 11.8 Å². The molecule has 1 aromatic carbocycles. The summed E-state index contributed by atoms with van der Waals surface area (Å²) in [4.78, 5) is 50.8. The number of benzene rings is 1. The van der Waals surface area contributed by atoms with E-state index in [2.05, 4.69) is 15.9 Å². The van der Waals surface area contributed by atoms with E-state index in [4.69, 9.17) is 14.2 Å². The van der Waals surface area contributed by atoms with Crippen molar-refractivity contribution in [2.24, 2.45) is 11.8 Å². The Labute approximate surface area is 174 Å². The molecule has 3 aliphatic heterocycles. The molecule has 0 aliphatic carbocycles. The van der Waals surface area contributed by atoms with Gasteiger partial charge in [-0.3, -0.25) is 19.2 Å². The minimum absolute atomic E-state index is 0.406. The molecule has 29 heavy (non-hydrogen) atoms. The number of ether oxygens (including phenoxy) is 3. The number of amides is 2. The summed E-state index contributed by atoms with van der Waals surface area (Å²) in [6.45, 7) is 4.22. The molecule has 0 spiro atoms. The highest BCUT2D eigenvalue weighted by atomic mass is 79.9. The van der Waals surface area contributed by atoms with Crippen molar-refractivity contribution in [1.82, 2.24) is 0 Å². The van der Waals surface area contributed by atoms with Gasteiger partial charge in [0.15, 0.2) is 5.60 Å². The van der Waals surface area contributed by atoms with Gasteiger partial charge < -0.3 is 14.2 Å². The summed E-state index contributed by atoms with van der Waals surface area (Å²) >= 11 is 3.42. The molecular formula is C20H18BrNO7. The first-order chi connectivity index (χ1) is 13.7. The van der Waals surface area contributed by atoms with Crippen LogP contribution in [0.25, 0.3) is 0 Å². The minimum Gasteiger partial charge on any atom is -0.422 e. The van der Waals surface area contributed by atoms with Crippen LogP contribution in [0.3, 0.4) is 0 Å². The van der Waals surface area contributed by atoms with E-state index >= 15 is 0 Å². The molecule has 0 aromatic heterocycles. The summed E-state index contributed by atoms with van der Waals surface area (Å²) in [6.07, 6.45) is 1.04. The molecule has 2 bridgehead atoms. The number of carbonyl (C=O) groups is 4. The van der Waals surface area contributed by atoms with Crippen LogP contribution in [0.4, 0.5) is 5.69 Å². The maximum atomic E-state index is 13.4. The number of nitrogens with zero attached hydrogens (tertiary/aromatic N) is 1. The molecule has 8 nitrogen and oxygen atoms in total. The van der Waals surface area contributed by atoms with Crippen LogP contribution in [0.5, 0.6) is 0 Å². The monoisotopic (exact) mass is 463 g/mol. The molecule has 0 radical (unpaired) electrons. The molecule has 0 N–H and O–H groups in total. The van der Waals surface area contributed by atoms with Crippen LogP contribution in [0.15, 0.2) is 34.8 Å². The Hall–Kier alpha value is -2.52. The van der Waals surface area contributed by atoms with Crippen molar-refractivity contribution in [2.45, 2.75) is 38.8 Å². The third-order valence-corrected chi connectivity index (χ3v) is 6.26. The number of fused-ring (bicyclic) bond motifs is 5. The minimum atomic E-state index is -1.55. The number of hydrogen-bond acceptors (Lipinski definition) is 7. The first-order valence-corrected chi connectivity index (χ1v) is 9.80. The first kappa shape index (κ1) is 19.8. The fourth-order valence-corrected chi connectivity index (χ4v) is 4.56. The van der Waals surface area contributed by atoms with E-state index in [1.54, 1.807) is 30.4 Å². The Kier molecular flexibility index (Phi) is 4.62. The average molecular weight is 464 g/mol. The van der Waals surface area contributed by atoms with Gasteiger partial charge in [-0.1, -0.05) is 28.1 Å². The molecular weight excluding hydrogens is 446 g/mol. The van der Waals surface area contributed by atoms with Crippen LogP contribution in [-0.4, -0.2) is 41.7 Å². The Morgan fingerprint density at radius 1 is 1.17 bits per heavy atom. The van der Waals surface area contributed by atoms with Crippen molar-refractivity contribution < 1.29 is 33.4 Å². The van der Waals surface area contributed by atoms with Crippen molar-refractivity contribution in [3.05, 3.63) is 40.4 Å². The Bertz CT molecular complexity index is 958. The number of esters is 2. The highest BCUT2D eigenvalue weighted by Crippen LogP contribution is 2.54. The maximum absolute atomic E-state index is 13.4. The highest BCUT2D eigenvalue weighted by molar-refractivity contribution is 9.10. The molecule has 0 unspecified atom stereocenters. The molecule has 3 heterocycles. The third-order valence-electron chi connectivity index (χ3n) is 5.41. The molecule has 2 fully saturated rings. The number of hydrogen-bond donors (Lipinski definition) is 0. The Morgan fingerprint density at radius 2 is 1.83 bits per heavy atom. The molecule has 152 valence electrons. The summed E-state index contributed by atoms with van der Waals surface area (Å²) < 4.78 is 17.0. The van der Waals surface area contributed by atoms with E-state index < -0.39 is 53.6 Å². The fourth-order valence-electron chi connectivity index (χ4n) is 4.19. The van der Waals surface area contributed by atoms with Crippen LogP contribution in [0.1, 0.15) is 19.4 Å². The summed E-state index contributed by atoms with van der Waals surface area (Å²) in [6, 6.07) is 5.19. The second-order valence-corrected chi connectivity index (χ2v) is 8.15. The smallest absolute Gasteiger partial charge is 0.305 e. The van der Waals surface area contributed by atoms with E-state index in [9.17, 15) is 19.2 Å². The van der Waals surface area contributed by atoms with Crippen LogP contribution < -0.4 is 4.90 Å². The van der Waals surface area contributed by atoms with Crippen LogP contribution >= 0.6 is 15.9 Å². The standard InChI is InChI=1S/C20H18BrNO7/c1-9-4-5-12(8-13(9)21)22-17(25)15-14-6-7-20(29-14,16(15)18(22)26)19(27-10(2)23)28-11(3)24/h4-8,14-16,19H,1-3H3/t14-,15+,16-,20-/m1/s1. The van der Waals surface area contributed by atoms with Gasteiger partial charge in [-0.2, -0.15) is 0 Å². The van der Waals surface area contributed by atoms with Crippen molar-refractivity contribution in [3.8, 4) is 0 Å². The van der Waals surface area contributed by atoms with Crippen LogP contribution in [-0.2, 0) is 33.4 Å². The average Bonchev–Trinajstić information content (AvgIpc) is 3.28. The fraction of sp³-hybridized carbons (Fsp3) is 0.400. The normalized spacial score (nSPS) is 29.6. The van der Waals surface area contributed by atoms with E-state index in [1.807, 2.05) is 6.92 Å². The van der Waals surface area contributed by atoms with Gasteiger partial charge in [0.1, 0.15) is 0 Å². The molecule has 1 aromatic rings. The molecule has 4 atom stereocenters. The first-order valence-electron chi connectivity index (χ1n) is 9.01. The predicted octanol–water partition coefficient (Wildman–Crippen LogP) is 2.02. The van der Waals surface area contributed by atoms with E-state index in [-0.39, 0.29) is 0 Å². The van der Waals surface area contributed by atoms with Gasteiger partial charge in [-0.25, -0.2) is 4.90 Å². The highest BCUT2D eigenvalue weighted by Gasteiger charge is 2.72. The zero-order valence-corrected chi connectivity index (χ0v) is 17.5. The topological polar surface area (TPSA) is 99.2 Å². The third kappa shape index (κ3) is 2.91. The predicted molar refractivity (Wildman–Crippen MR) is 102 cm³/mol. The SMILES string of the molecule is CC(=O)OC(OC(C)=O)[C@]12C=C[C@@H](O1)[C@@H]1C(=O)N(c3ccc(C)c(Br)c3)C(=O)[C@@H]12. The van der Waals surface area contributed by atoms with Crippen LogP contribution in [0, 0.1) is 18.8 Å². The van der Waals surface area contributed by atoms with Crippen molar-refractivity contribution in [3.63, 3.8) is 0 Å². The molecule has 2 amide bonds. The summed E-state index contributed by atoms with van der Waals surface area (Å²) in [5.74, 6) is -4.07. The zero-order chi connectivity index (χ0) is 21.1. The van der Waals surface area contributed by atoms with E-state index in [1.165, 1.54) is 0 Å². The van der Waals surface area contributed by atoms with Crippen molar-refractivity contribution in [1.29, 1.82) is 0 Å². The number of rotatable bonds is 4. The van der Waals surface area contributed by atoms with Crippen molar-refractivity contribution in [2.75, 3.05) is 4.90 Å². The Balaban J connectivity index is 1.75. The lowest BCUT2D eigenvalue weighted by molar-refractivity contribution is -0.226. The van der Waals surface area contributed by atoms with Gasteiger partial charge in [-0.15, -0.1) is 0 Å². The zero-order valence-electron chi connectivity index (χ0n) is 15.9. The van der Waals surface area contributed by atoms with Gasteiger partial charge in [0.25, 0.3) is 6.29 Å². The second-order valence-electron chi connectivity index (χ2n) is 7.29. The van der Waals surface area contributed by atoms with Crippen LogP contribution in [0.2, 0.25) is 0 Å². The molecule has 3 aliphatic rings.